The molecule has 3 nitrogen and oxygen atoms in total. The van der Waals surface area contributed by atoms with Crippen molar-refractivity contribution >= 4 is 0 Å². The van der Waals surface area contributed by atoms with E-state index in [2.05, 4.69) is 4.98 Å². The minimum Gasteiger partial charge on any atom is -0.381 e. The van der Waals surface area contributed by atoms with Gasteiger partial charge in [0.2, 0.25) is 0 Å². The van der Waals surface area contributed by atoms with Gasteiger partial charge in [-0.3, -0.25) is 9.88 Å². The van der Waals surface area contributed by atoms with Crippen LogP contribution in [0.25, 0.3) is 0 Å². The van der Waals surface area contributed by atoms with E-state index < -0.39 is 12.7 Å². The Morgan fingerprint density at radius 2 is 2.09 bits per heavy atom. The third-order valence-electron chi connectivity index (χ3n) is 3.86. The van der Waals surface area contributed by atoms with Gasteiger partial charge in [-0.1, -0.05) is 19.9 Å². The van der Waals surface area contributed by atoms with E-state index in [-0.39, 0.29) is 18.4 Å². The Balaban J connectivity index is 2.23. The summed E-state index contributed by atoms with van der Waals surface area (Å²) in [5, 5.41) is 0. The maximum absolute atomic E-state index is 12.5. The first kappa shape index (κ1) is 17.2. The standard InChI is InChI=1S/C16H23F3N2O/c1-11(2)14-5-4-13(12-6-7-22-9-12)15(20-14)8-21(3)10-16(17,18)19/h4-5,11-12H,6-10H2,1-3H3/t12-/m1/s1. The number of ether oxygens (including phenoxy) is 1. The molecule has 124 valence electrons. The second kappa shape index (κ2) is 6.96. The zero-order valence-corrected chi connectivity index (χ0v) is 13.3. The molecule has 22 heavy (non-hydrogen) atoms. The lowest BCUT2D eigenvalue weighted by Crippen LogP contribution is -2.31. The van der Waals surface area contributed by atoms with E-state index in [1.807, 2.05) is 26.0 Å². The van der Waals surface area contributed by atoms with Crippen molar-refractivity contribution in [3.05, 3.63) is 29.1 Å². The topological polar surface area (TPSA) is 25.4 Å². The SMILES string of the molecule is CC(C)c1ccc([C@@H]2CCOC2)c(CN(C)CC(F)(F)F)n1. The van der Waals surface area contributed by atoms with E-state index in [9.17, 15) is 13.2 Å². The summed E-state index contributed by atoms with van der Waals surface area (Å²) in [7, 11) is 1.48. The third kappa shape index (κ3) is 4.68. The molecule has 0 spiro atoms. The zero-order valence-electron chi connectivity index (χ0n) is 13.3. The molecule has 0 saturated carbocycles. The second-order valence-electron chi connectivity index (χ2n) is 6.27. The van der Waals surface area contributed by atoms with Crippen LogP contribution < -0.4 is 0 Å². The van der Waals surface area contributed by atoms with Crippen molar-refractivity contribution in [1.82, 2.24) is 9.88 Å². The predicted octanol–water partition coefficient (Wildman–Crippen LogP) is 3.70. The fourth-order valence-corrected chi connectivity index (χ4v) is 2.75. The molecule has 0 aliphatic carbocycles. The summed E-state index contributed by atoms with van der Waals surface area (Å²) in [6, 6.07) is 3.99. The number of halogens is 3. The van der Waals surface area contributed by atoms with Crippen molar-refractivity contribution < 1.29 is 17.9 Å². The molecule has 0 amide bonds. The van der Waals surface area contributed by atoms with Gasteiger partial charge in [0.25, 0.3) is 0 Å². The molecule has 1 aromatic rings. The Bertz CT molecular complexity index is 497. The van der Waals surface area contributed by atoms with Crippen LogP contribution in [0, 0.1) is 0 Å². The average Bonchev–Trinajstić information content (AvgIpc) is 2.89. The summed E-state index contributed by atoms with van der Waals surface area (Å²) >= 11 is 0. The highest BCUT2D eigenvalue weighted by Crippen LogP contribution is 2.29. The van der Waals surface area contributed by atoms with E-state index >= 15 is 0 Å². The Labute approximate surface area is 129 Å². The fraction of sp³-hybridized carbons (Fsp3) is 0.688. The normalized spacial score (nSPS) is 19.4. The third-order valence-corrected chi connectivity index (χ3v) is 3.86. The van der Waals surface area contributed by atoms with Gasteiger partial charge in [0.1, 0.15) is 0 Å². The van der Waals surface area contributed by atoms with Crippen molar-refractivity contribution in [3.63, 3.8) is 0 Å². The van der Waals surface area contributed by atoms with Gasteiger partial charge < -0.3 is 4.74 Å². The van der Waals surface area contributed by atoms with Gasteiger partial charge in [0.15, 0.2) is 0 Å². The number of alkyl halides is 3. The molecule has 1 aliphatic rings. The average molecular weight is 316 g/mol. The number of aromatic nitrogens is 1. The number of hydrogen-bond acceptors (Lipinski definition) is 3. The lowest BCUT2D eigenvalue weighted by Gasteiger charge is -2.22. The molecule has 1 saturated heterocycles. The van der Waals surface area contributed by atoms with Crippen LogP contribution in [0.4, 0.5) is 13.2 Å². The Kier molecular flexibility index (Phi) is 5.45. The maximum atomic E-state index is 12.5. The first-order chi connectivity index (χ1) is 10.3. The van der Waals surface area contributed by atoms with Gasteiger partial charge in [0, 0.05) is 24.8 Å². The fourth-order valence-electron chi connectivity index (χ4n) is 2.75. The zero-order chi connectivity index (χ0) is 16.3. The molecule has 2 rings (SSSR count). The highest BCUT2D eigenvalue weighted by molar-refractivity contribution is 5.28. The van der Waals surface area contributed by atoms with Crippen LogP contribution in [0.2, 0.25) is 0 Å². The summed E-state index contributed by atoms with van der Waals surface area (Å²) in [6.07, 6.45) is -3.29. The molecule has 6 heteroatoms. The quantitative estimate of drug-likeness (QED) is 0.828. The summed E-state index contributed by atoms with van der Waals surface area (Å²) in [4.78, 5) is 5.89. The van der Waals surface area contributed by atoms with Gasteiger partial charge >= 0.3 is 6.18 Å². The molecule has 0 aromatic carbocycles. The molecule has 2 heterocycles. The van der Waals surface area contributed by atoms with Crippen LogP contribution in [0.1, 0.15) is 49.1 Å². The highest BCUT2D eigenvalue weighted by Gasteiger charge is 2.30. The van der Waals surface area contributed by atoms with Crippen molar-refractivity contribution in [2.45, 2.75) is 44.8 Å². The largest absolute Gasteiger partial charge is 0.401 e. The Hall–Kier alpha value is -1.14. The number of hydrogen-bond donors (Lipinski definition) is 0. The van der Waals surface area contributed by atoms with Gasteiger partial charge in [-0.15, -0.1) is 0 Å². The van der Waals surface area contributed by atoms with E-state index in [1.54, 1.807) is 0 Å². The number of nitrogens with zero attached hydrogens (tertiary/aromatic N) is 2. The van der Waals surface area contributed by atoms with Crippen molar-refractivity contribution in [2.75, 3.05) is 26.8 Å². The lowest BCUT2D eigenvalue weighted by atomic mass is 9.95. The summed E-state index contributed by atoms with van der Waals surface area (Å²) in [5.74, 6) is 0.489. The smallest absolute Gasteiger partial charge is 0.381 e. The van der Waals surface area contributed by atoms with E-state index in [0.717, 1.165) is 23.4 Å². The van der Waals surface area contributed by atoms with Crippen LogP contribution in [-0.2, 0) is 11.3 Å². The first-order valence-electron chi connectivity index (χ1n) is 7.59. The minimum absolute atomic E-state index is 0.200. The van der Waals surface area contributed by atoms with Crippen molar-refractivity contribution in [2.24, 2.45) is 0 Å². The van der Waals surface area contributed by atoms with Crippen LogP contribution in [0.15, 0.2) is 12.1 Å². The van der Waals surface area contributed by atoms with E-state index in [4.69, 9.17) is 4.74 Å². The van der Waals surface area contributed by atoms with E-state index in [0.29, 0.717) is 13.2 Å². The van der Waals surface area contributed by atoms with Crippen LogP contribution in [0.5, 0.6) is 0 Å². The molecule has 1 fully saturated rings. The summed E-state index contributed by atoms with van der Waals surface area (Å²) in [6.45, 7) is 4.66. The molecule has 0 radical (unpaired) electrons. The minimum atomic E-state index is -4.19. The Morgan fingerprint density at radius 1 is 1.36 bits per heavy atom. The molecule has 1 atom stereocenters. The molecule has 0 unspecified atom stereocenters. The van der Waals surface area contributed by atoms with Crippen molar-refractivity contribution in [3.8, 4) is 0 Å². The summed E-state index contributed by atoms with van der Waals surface area (Å²) < 4.78 is 43.0. The van der Waals surface area contributed by atoms with Crippen LogP contribution in [-0.4, -0.2) is 42.9 Å². The number of pyridine rings is 1. The van der Waals surface area contributed by atoms with Gasteiger partial charge in [-0.05, 0) is 31.0 Å². The second-order valence-corrected chi connectivity index (χ2v) is 6.27. The maximum Gasteiger partial charge on any atom is 0.401 e. The monoisotopic (exact) mass is 316 g/mol. The van der Waals surface area contributed by atoms with Crippen LogP contribution >= 0.6 is 0 Å². The molecule has 1 aromatic heterocycles. The highest BCUT2D eigenvalue weighted by atomic mass is 19.4. The molecule has 0 N–H and O–H groups in total. The van der Waals surface area contributed by atoms with Gasteiger partial charge in [-0.25, -0.2) is 0 Å². The lowest BCUT2D eigenvalue weighted by molar-refractivity contribution is -0.144. The van der Waals surface area contributed by atoms with E-state index in [1.165, 1.54) is 11.9 Å². The molecule has 0 bridgehead atoms. The predicted molar refractivity (Wildman–Crippen MR) is 78.9 cm³/mol. The molecule has 1 aliphatic heterocycles. The first-order valence-corrected chi connectivity index (χ1v) is 7.59. The van der Waals surface area contributed by atoms with Gasteiger partial charge in [-0.2, -0.15) is 13.2 Å². The van der Waals surface area contributed by atoms with Crippen LogP contribution in [0.3, 0.4) is 0 Å². The number of rotatable bonds is 5. The Morgan fingerprint density at radius 3 is 2.64 bits per heavy atom. The van der Waals surface area contributed by atoms with Gasteiger partial charge in [0.05, 0.1) is 18.8 Å². The molecular formula is C16H23F3N2O. The summed E-state index contributed by atoms with van der Waals surface area (Å²) in [5.41, 5.74) is 2.68. The van der Waals surface area contributed by atoms with Crippen molar-refractivity contribution in [1.29, 1.82) is 0 Å². The molecular weight excluding hydrogens is 293 g/mol.